The van der Waals surface area contributed by atoms with Gasteiger partial charge in [0.25, 0.3) is 0 Å². The predicted octanol–water partition coefficient (Wildman–Crippen LogP) is 1.56. The Morgan fingerprint density at radius 2 is 2.45 bits per heavy atom. The van der Waals surface area contributed by atoms with Crippen LogP contribution in [0.4, 0.5) is 0 Å². The van der Waals surface area contributed by atoms with Crippen molar-refractivity contribution in [3.63, 3.8) is 0 Å². The van der Waals surface area contributed by atoms with E-state index in [1.165, 1.54) is 0 Å². The number of hydrogen-bond donors (Lipinski definition) is 2. The van der Waals surface area contributed by atoms with Crippen LogP contribution in [0.2, 0.25) is 0 Å². The Labute approximate surface area is 63.6 Å². The van der Waals surface area contributed by atoms with E-state index in [-0.39, 0.29) is 6.61 Å². The van der Waals surface area contributed by atoms with Crippen LogP contribution in [0.15, 0.2) is 16.7 Å². The van der Waals surface area contributed by atoms with Gasteiger partial charge in [-0.15, -0.1) is 0 Å². The van der Waals surface area contributed by atoms with Gasteiger partial charge in [-0.2, -0.15) is 0 Å². The van der Waals surface area contributed by atoms with Crippen LogP contribution in [0.25, 0.3) is 11.1 Å². The van der Waals surface area contributed by atoms with Gasteiger partial charge < -0.3 is 14.5 Å². The van der Waals surface area contributed by atoms with Crippen LogP contribution < -0.4 is 0 Å². The standard InChI is InChI=1S/C8H9NO2/c1-5-2-7-8(9-5)6(3-10)4-11-7/h2,4,9-10H,3H2,1H3. The van der Waals surface area contributed by atoms with Crippen molar-refractivity contribution < 1.29 is 9.52 Å². The van der Waals surface area contributed by atoms with E-state index >= 15 is 0 Å². The second-order valence-corrected chi connectivity index (χ2v) is 2.61. The Hall–Kier alpha value is -1.22. The minimum absolute atomic E-state index is 0.0208. The normalized spacial score (nSPS) is 11.1. The van der Waals surface area contributed by atoms with Gasteiger partial charge in [0.15, 0.2) is 5.58 Å². The van der Waals surface area contributed by atoms with Crippen molar-refractivity contribution >= 4 is 11.1 Å². The molecule has 2 aromatic rings. The summed E-state index contributed by atoms with van der Waals surface area (Å²) in [5.41, 5.74) is 3.58. The van der Waals surface area contributed by atoms with Crippen molar-refractivity contribution in [1.29, 1.82) is 0 Å². The number of aromatic amines is 1. The van der Waals surface area contributed by atoms with Crippen molar-refractivity contribution in [2.75, 3.05) is 0 Å². The molecular formula is C8H9NO2. The first-order valence-electron chi connectivity index (χ1n) is 3.48. The van der Waals surface area contributed by atoms with Crippen molar-refractivity contribution in [3.05, 3.63) is 23.6 Å². The first-order chi connectivity index (χ1) is 5.31. The summed E-state index contributed by atoms with van der Waals surface area (Å²) in [6, 6.07) is 1.91. The molecule has 58 valence electrons. The van der Waals surface area contributed by atoms with Crippen molar-refractivity contribution in [3.8, 4) is 0 Å². The highest BCUT2D eigenvalue weighted by molar-refractivity contribution is 5.78. The molecule has 0 atom stereocenters. The van der Waals surface area contributed by atoms with Gasteiger partial charge in [0.05, 0.1) is 18.4 Å². The van der Waals surface area contributed by atoms with Gasteiger partial charge in [0, 0.05) is 17.3 Å². The number of rotatable bonds is 1. The molecule has 0 saturated carbocycles. The van der Waals surface area contributed by atoms with E-state index in [9.17, 15) is 0 Å². The molecule has 0 bridgehead atoms. The van der Waals surface area contributed by atoms with E-state index in [0.717, 1.165) is 22.4 Å². The average molecular weight is 151 g/mol. The summed E-state index contributed by atoms with van der Waals surface area (Å²) in [5, 5.41) is 8.85. The summed E-state index contributed by atoms with van der Waals surface area (Å²) in [7, 11) is 0. The van der Waals surface area contributed by atoms with Crippen LogP contribution in [0.1, 0.15) is 11.3 Å². The van der Waals surface area contributed by atoms with Crippen LogP contribution in [0.5, 0.6) is 0 Å². The maximum absolute atomic E-state index is 8.85. The molecule has 2 N–H and O–H groups in total. The maximum atomic E-state index is 8.85. The number of fused-ring (bicyclic) bond motifs is 1. The minimum atomic E-state index is 0.0208. The highest BCUT2D eigenvalue weighted by Crippen LogP contribution is 2.20. The molecular weight excluding hydrogens is 142 g/mol. The smallest absolute Gasteiger partial charge is 0.152 e. The summed E-state index contributed by atoms with van der Waals surface area (Å²) in [4.78, 5) is 3.10. The zero-order chi connectivity index (χ0) is 7.84. The fraction of sp³-hybridized carbons (Fsp3) is 0.250. The van der Waals surface area contributed by atoms with Crippen molar-refractivity contribution in [1.82, 2.24) is 4.98 Å². The monoisotopic (exact) mass is 151 g/mol. The van der Waals surface area contributed by atoms with Gasteiger partial charge in [-0.25, -0.2) is 0 Å². The molecule has 0 aliphatic heterocycles. The summed E-state index contributed by atoms with van der Waals surface area (Å²) in [6.07, 6.45) is 1.57. The second-order valence-electron chi connectivity index (χ2n) is 2.61. The lowest BCUT2D eigenvalue weighted by Gasteiger charge is -1.85. The molecule has 0 spiro atoms. The molecule has 0 radical (unpaired) electrons. The minimum Gasteiger partial charge on any atom is -0.462 e. The zero-order valence-electron chi connectivity index (χ0n) is 6.22. The predicted molar refractivity (Wildman–Crippen MR) is 41.2 cm³/mol. The molecule has 2 aromatic heterocycles. The Bertz CT molecular complexity index is 372. The van der Waals surface area contributed by atoms with Crippen LogP contribution in [-0.4, -0.2) is 10.1 Å². The van der Waals surface area contributed by atoms with E-state index in [0.29, 0.717) is 0 Å². The molecule has 0 fully saturated rings. The van der Waals surface area contributed by atoms with E-state index in [1.807, 2.05) is 13.0 Å². The fourth-order valence-corrected chi connectivity index (χ4v) is 1.20. The lowest BCUT2D eigenvalue weighted by molar-refractivity contribution is 0.281. The summed E-state index contributed by atoms with van der Waals surface area (Å²) < 4.78 is 5.17. The molecule has 0 aliphatic carbocycles. The van der Waals surface area contributed by atoms with E-state index in [4.69, 9.17) is 9.52 Å². The summed E-state index contributed by atoms with van der Waals surface area (Å²) in [6.45, 7) is 1.98. The largest absolute Gasteiger partial charge is 0.462 e. The third-order valence-electron chi connectivity index (χ3n) is 1.74. The number of nitrogens with one attached hydrogen (secondary N) is 1. The number of aromatic nitrogens is 1. The Balaban J connectivity index is 2.73. The maximum Gasteiger partial charge on any atom is 0.152 e. The first-order valence-corrected chi connectivity index (χ1v) is 3.48. The first kappa shape index (κ1) is 6.49. The van der Waals surface area contributed by atoms with Crippen molar-refractivity contribution in [2.24, 2.45) is 0 Å². The van der Waals surface area contributed by atoms with Gasteiger partial charge in [-0.3, -0.25) is 0 Å². The Morgan fingerprint density at radius 1 is 1.64 bits per heavy atom. The highest BCUT2D eigenvalue weighted by Gasteiger charge is 2.06. The van der Waals surface area contributed by atoms with Crippen LogP contribution >= 0.6 is 0 Å². The number of furan rings is 1. The molecule has 0 unspecified atom stereocenters. The number of aliphatic hydroxyl groups is 1. The fourth-order valence-electron chi connectivity index (χ4n) is 1.20. The third kappa shape index (κ3) is 0.851. The number of aryl methyl sites for hydroxylation is 1. The average Bonchev–Trinajstić information content (AvgIpc) is 2.45. The molecule has 0 aromatic carbocycles. The second kappa shape index (κ2) is 2.13. The van der Waals surface area contributed by atoms with Crippen LogP contribution in [0.3, 0.4) is 0 Å². The van der Waals surface area contributed by atoms with E-state index in [1.54, 1.807) is 6.26 Å². The van der Waals surface area contributed by atoms with Gasteiger partial charge in [-0.05, 0) is 6.92 Å². The summed E-state index contributed by atoms with van der Waals surface area (Å²) in [5.74, 6) is 0. The van der Waals surface area contributed by atoms with Gasteiger partial charge in [0.1, 0.15) is 0 Å². The molecule has 2 heterocycles. The number of H-pyrrole nitrogens is 1. The zero-order valence-corrected chi connectivity index (χ0v) is 6.22. The molecule has 0 aliphatic rings. The highest BCUT2D eigenvalue weighted by atomic mass is 16.3. The Morgan fingerprint density at radius 3 is 3.18 bits per heavy atom. The van der Waals surface area contributed by atoms with Gasteiger partial charge in [0.2, 0.25) is 0 Å². The summed E-state index contributed by atoms with van der Waals surface area (Å²) >= 11 is 0. The topological polar surface area (TPSA) is 49.2 Å². The van der Waals surface area contributed by atoms with Gasteiger partial charge >= 0.3 is 0 Å². The van der Waals surface area contributed by atoms with Crippen LogP contribution in [-0.2, 0) is 6.61 Å². The molecule has 0 saturated heterocycles. The quantitative estimate of drug-likeness (QED) is 0.649. The van der Waals surface area contributed by atoms with Gasteiger partial charge in [-0.1, -0.05) is 0 Å². The van der Waals surface area contributed by atoms with Crippen molar-refractivity contribution in [2.45, 2.75) is 13.5 Å². The molecule has 3 nitrogen and oxygen atoms in total. The molecule has 11 heavy (non-hydrogen) atoms. The SMILES string of the molecule is Cc1cc2occ(CO)c2[nH]1. The lowest BCUT2D eigenvalue weighted by Crippen LogP contribution is -1.78. The molecule has 3 heteroatoms. The van der Waals surface area contributed by atoms with Crippen LogP contribution in [0, 0.1) is 6.92 Å². The number of aliphatic hydroxyl groups excluding tert-OH is 1. The molecule has 2 rings (SSSR count). The number of hydrogen-bond acceptors (Lipinski definition) is 2. The Kier molecular flexibility index (Phi) is 1.26. The van der Waals surface area contributed by atoms with E-state index in [2.05, 4.69) is 4.98 Å². The molecule has 0 amide bonds. The van der Waals surface area contributed by atoms with E-state index < -0.39 is 0 Å². The lowest BCUT2D eigenvalue weighted by atomic mass is 10.3. The third-order valence-corrected chi connectivity index (χ3v) is 1.74.